The van der Waals surface area contributed by atoms with Gasteiger partial charge in [0.25, 0.3) is 11.7 Å². The number of aliphatic hydroxyl groups excluding tert-OH is 1. The highest BCUT2D eigenvalue weighted by Crippen LogP contribution is 2.43. The highest BCUT2D eigenvalue weighted by Gasteiger charge is 2.48. The molecule has 8 heteroatoms. The van der Waals surface area contributed by atoms with Gasteiger partial charge in [-0.15, -0.1) is 0 Å². The molecule has 4 heterocycles. The first-order valence-corrected chi connectivity index (χ1v) is 12.0. The Bertz CT molecular complexity index is 1460. The van der Waals surface area contributed by atoms with Gasteiger partial charge in [-0.3, -0.25) is 14.5 Å². The van der Waals surface area contributed by atoms with Gasteiger partial charge in [-0.25, -0.2) is 0 Å². The molecule has 1 atom stereocenters. The van der Waals surface area contributed by atoms with Crippen LogP contribution in [0.15, 0.2) is 83.1 Å². The van der Waals surface area contributed by atoms with Crippen molar-refractivity contribution < 1.29 is 19.1 Å². The van der Waals surface area contributed by atoms with Crippen molar-refractivity contribution in [2.45, 2.75) is 6.04 Å². The summed E-state index contributed by atoms with van der Waals surface area (Å²) in [6.45, 7) is 3.83. The van der Waals surface area contributed by atoms with E-state index >= 15 is 0 Å². The van der Waals surface area contributed by atoms with Gasteiger partial charge < -0.3 is 24.3 Å². The molecule has 0 radical (unpaired) electrons. The van der Waals surface area contributed by atoms with E-state index in [1.807, 2.05) is 48.5 Å². The molecule has 2 N–H and O–H groups in total. The van der Waals surface area contributed by atoms with Gasteiger partial charge in [0.1, 0.15) is 17.6 Å². The molecule has 2 saturated heterocycles. The summed E-state index contributed by atoms with van der Waals surface area (Å²) < 4.78 is 5.67. The summed E-state index contributed by atoms with van der Waals surface area (Å²) in [6.07, 6.45) is 3.15. The molecule has 0 saturated carbocycles. The molecule has 4 aromatic rings. The summed E-state index contributed by atoms with van der Waals surface area (Å²) in [4.78, 5) is 35.8. The fourth-order valence-corrected chi connectivity index (χ4v) is 5.12. The van der Waals surface area contributed by atoms with Crippen molar-refractivity contribution in [3.8, 4) is 0 Å². The van der Waals surface area contributed by atoms with Crippen LogP contribution in [0.1, 0.15) is 17.4 Å². The quantitative estimate of drug-likeness (QED) is 0.258. The predicted molar refractivity (Wildman–Crippen MR) is 138 cm³/mol. The third-order valence-corrected chi connectivity index (χ3v) is 7.10. The smallest absolute Gasteiger partial charge is 0.300 e. The zero-order valence-corrected chi connectivity index (χ0v) is 19.8. The molecule has 6 rings (SSSR count). The Morgan fingerprint density at radius 2 is 1.67 bits per heavy atom. The van der Waals surface area contributed by atoms with Gasteiger partial charge in [0.05, 0.1) is 11.8 Å². The number of hydrogen-bond acceptors (Lipinski definition) is 6. The van der Waals surface area contributed by atoms with Crippen LogP contribution in [-0.2, 0) is 9.59 Å². The van der Waals surface area contributed by atoms with E-state index in [9.17, 15) is 14.7 Å². The Kier molecular flexibility index (Phi) is 5.38. The normalized spacial score (nSPS) is 20.5. The molecule has 2 aromatic carbocycles. The molecule has 8 nitrogen and oxygen atoms in total. The first-order valence-electron chi connectivity index (χ1n) is 12.0. The molecule has 0 spiro atoms. The van der Waals surface area contributed by atoms with E-state index in [0.29, 0.717) is 17.0 Å². The maximum Gasteiger partial charge on any atom is 0.300 e. The highest BCUT2D eigenvalue weighted by molar-refractivity contribution is 6.51. The van der Waals surface area contributed by atoms with Crippen LogP contribution in [0, 0.1) is 0 Å². The Morgan fingerprint density at radius 1 is 0.944 bits per heavy atom. The molecule has 1 amide bonds. The number of piperazine rings is 1. The zero-order valence-electron chi connectivity index (χ0n) is 19.8. The fraction of sp³-hybridized carbons (Fsp3) is 0.214. The number of amides is 1. The third kappa shape index (κ3) is 3.58. The number of hydrogen-bond donors (Lipinski definition) is 2. The van der Waals surface area contributed by atoms with E-state index in [1.165, 1.54) is 11.2 Å². The number of para-hydroxylation sites is 1. The molecule has 0 bridgehead atoms. The molecular weight excluding hydrogens is 456 g/mol. The van der Waals surface area contributed by atoms with Crippen molar-refractivity contribution in [3.05, 3.63) is 90.0 Å². The van der Waals surface area contributed by atoms with Gasteiger partial charge in [0.15, 0.2) is 0 Å². The largest absolute Gasteiger partial charge is 0.507 e. The lowest BCUT2D eigenvalue weighted by Gasteiger charge is -2.34. The monoisotopic (exact) mass is 482 g/mol. The molecule has 2 aliphatic heterocycles. The predicted octanol–water partition coefficient (Wildman–Crippen LogP) is 4.14. The lowest BCUT2D eigenvalue weighted by atomic mass is 9.99. The van der Waals surface area contributed by atoms with E-state index < -0.39 is 17.7 Å². The Balaban J connectivity index is 1.42. The number of benzene rings is 2. The van der Waals surface area contributed by atoms with Gasteiger partial charge in [-0.05, 0) is 49.5 Å². The standard InChI is InChI=1S/C28H26N4O4/c1-30-12-14-31(15-13-30)18-8-10-19(11-9-18)32-25(23-7-4-16-36-23)24(27(34)28(32)35)26(33)21-17-29-22-6-3-2-5-20(21)22/h2-11,16-17,25,29,33H,12-15H2,1H3/b26-24-. The van der Waals surface area contributed by atoms with E-state index in [-0.39, 0.29) is 11.3 Å². The fourth-order valence-electron chi connectivity index (χ4n) is 5.12. The van der Waals surface area contributed by atoms with Crippen molar-refractivity contribution in [1.29, 1.82) is 0 Å². The number of nitrogens with one attached hydrogen (secondary N) is 1. The van der Waals surface area contributed by atoms with Crippen molar-refractivity contribution in [2.24, 2.45) is 0 Å². The van der Waals surface area contributed by atoms with Crippen LogP contribution in [0.25, 0.3) is 16.7 Å². The van der Waals surface area contributed by atoms with Crippen LogP contribution in [0.5, 0.6) is 0 Å². The number of aromatic nitrogens is 1. The average molecular weight is 483 g/mol. The van der Waals surface area contributed by atoms with E-state index in [2.05, 4.69) is 21.8 Å². The first-order chi connectivity index (χ1) is 17.5. The number of anilines is 2. The number of carbonyl (C=O) groups is 2. The molecule has 1 unspecified atom stereocenters. The van der Waals surface area contributed by atoms with Gasteiger partial charge in [0.2, 0.25) is 0 Å². The molecular formula is C28H26N4O4. The minimum atomic E-state index is -0.886. The summed E-state index contributed by atoms with van der Waals surface area (Å²) in [5.74, 6) is -1.28. The molecule has 2 fully saturated rings. The van der Waals surface area contributed by atoms with Crippen LogP contribution < -0.4 is 9.80 Å². The number of Topliss-reactive ketones (excluding diaryl/α,β-unsaturated/α-hetero) is 1. The van der Waals surface area contributed by atoms with Gasteiger partial charge in [-0.1, -0.05) is 18.2 Å². The van der Waals surface area contributed by atoms with E-state index in [4.69, 9.17) is 4.42 Å². The number of likely N-dealkylation sites (N-methyl/N-ethyl adjacent to an activating group) is 1. The summed E-state index contributed by atoms with van der Waals surface area (Å²) >= 11 is 0. The van der Waals surface area contributed by atoms with Crippen molar-refractivity contribution >= 4 is 39.7 Å². The van der Waals surface area contributed by atoms with Crippen molar-refractivity contribution in [1.82, 2.24) is 9.88 Å². The van der Waals surface area contributed by atoms with Crippen LogP contribution >= 0.6 is 0 Å². The minimum Gasteiger partial charge on any atom is -0.507 e. The van der Waals surface area contributed by atoms with E-state index in [0.717, 1.165) is 42.8 Å². The van der Waals surface area contributed by atoms with Gasteiger partial charge in [0, 0.05) is 60.2 Å². The number of nitrogens with zero attached hydrogens (tertiary/aromatic N) is 3. The number of rotatable bonds is 4. The first kappa shape index (κ1) is 22.2. The molecule has 182 valence electrons. The number of aromatic amines is 1. The Morgan fingerprint density at radius 3 is 2.39 bits per heavy atom. The third-order valence-electron chi connectivity index (χ3n) is 7.10. The second-order valence-corrected chi connectivity index (χ2v) is 9.24. The van der Waals surface area contributed by atoms with Gasteiger partial charge in [-0.2, -0.15) is 0 Å². The van der Waals surface area contributed by atoms with Gasteiger partial charge >= 0.3 is 0 Å². The number of fused-ring (bicyclic) bond motifs is 1. The average Bonchev–Trinajstić information content (AvgIpc) is 3.63. The number of H-pyrrole nitrogens is 1. The molecule has 2 aromatic heterocycles. The number of carbonyl (C=O) groups excluding carboxylic acids is 2. The second-order valence-electron chi connectivity index (χ2n) is 9.24. The zero-order chi connectivity index (χ0) is 24.8. The lowest BCUT2D eigenvalue weighted by Crippen LogP contribution is -2.44. The van der Waals surface area contributed by atoms with Crippen LogP contribution in [0.2, 0.25) is 0 Å². The van der Waals surface area contributed by atoms with Crippen LogP contribution in [0.4, 0.5) is 11.4 Å². The lowest BCUT2D eigenvalue weighted by molar-refractivity contribution is -0.132. The highest BCUT2D eigenvalue weighted by atomic mass is 16.3. The SMILES string of the molecule is CN1CCN(c2ccc(N3C(=O)C(=O)/C(=C(\O)c4c[nH]c5ccccc45)C3c3ccco3)cc2)CC1. The molecule has 0 aliphatic carbocycles. The minimum absolute atomic E-state index is 0.00264. The Labute approximate surface area is 208 Å². The van der Waals surface area contributed by atoms with E-state index in [1.54, 1.807) is 18.3 Å². The summed E-state index contributed by atoms with van der Waals surface area (Å²) in [5, 5.41) is 12.1. The summed E-state index contributed by atoms with van der Waals surface area (Å²) in [6, 6.07) is 17.7. The van der Waals surface area contributed by atoms with Crippen LogP contribution in [-0.4, -0.2) is 59.9 Å². The summed E-state index contributed by atoms with van der Waals surface area (Å²) in [5.41, 5.74) is 2.92. The number of ketones is 1. The maximum absolute atomic E-state index is 13.3. The molecule has 2 aliphatic rings. The topological polar surface area (TPSA) is 93.0 Å². The maximum atomic E-state index is 13.3. The Hall–Kier alpha value is -4.30. The molecule has 36 heavy (non-hydrogen) atoms. The second kappa shape index (κ2) is 8.73. The number of furan rings is 1. The van der Waals surface area contributed by atoms with Crippen molar-refractivity contribution in [3.63, 3.8) is 0 Å². The number of aliphatic hydroxyl groups is 1. The van der Waals surface area contributed by atoms with Crippen LogP contribution in [0.3, 0.4) is 0 Å². The van der Waals surface area contributed by atoms with Crippen molar-refractivity contribution in [2.75, 3.05) is 43.0 Å². The summed E-state index contributed by atoms with van der Waals surface area (Å²) in [7, 11) is 2.11.